The van der Waals surface area contributed by atoms with Gasteiger partial charge in [-0.2, -0.15) is 0 Å². The molecule has 1 atom stereocenters. The van der Waals surface area contributed by atoms with Crippen LogP contribution in [0.15, 0.2) is 18.3 Å². The quantitative estimate of drug-likeness (QED) is 0.752. The molecule has 0 saturated carbocycles. The summed E-state index contributed by atoms with van der Waals surface area (Å²) in [6.45, 7) is 4.97. The van der Waals surface area contributed by atoms with Crippen molar-refractivity contribution in [2.24, 2.45) is 5.92 Å². The van der Waals surface area contributed by atoms with Crippen LogP contribution in [-0.4, -0.2) is 71.7 Å². The van der Waals surface area contributed by atoms with Crippen molar-refractivity contribution in [2.45, 2.75) is 13.3 Å². The van der Waals surface area contributed by atoms with Gasteiger partial charge in [0.2, 0.25) is 22.8 Å². The van der Waals surface area contributed by atoms with Gasteiger partial charge in [-0.25, -0.2) is 4.98 Å². The SMILES string of the molecule is COc1ccc(N2CCN(C(=O)C3CC(=O)N(c4nnc(C)s4)C3)CC2)cn1. The second-order valence-electron chi connectivity index (χ2n) is 6.88. The monoisotopic (exact) mass is 402 g/mol. The zero-order valence-corrected chi connectivity index (χ0v) is 16.7. The van der Waals surface area contributed by atoms with Gasteiger partial charge in [-0.15, -0.1) is 10.2 Å². The molecule has 10 heteroatoms. The second kappa shape index (κ2) is 7.70. The Bertz CT molecular complexity index is 862. The highest BCUT2D eigenvalue weighted by Gasteiger charge is 2.39. The molecule has 2 amide bonds. The fourth-order valence-electron chi connectivity index (χ4n) is 3.58. The third-order valence-electron chi connectivity index (χ3n) is 5.11. The topological polar surface area (TPSA) is 91.8 Å². The number of hydrogen-bond donors (Lipinski definition) is 0. The van der Waals surface area contributed by atoms with E-state index in [1.165, 1.54) is 11.3 Å². The van der Waals surface area contributed by atoms with Crippen LogP contribution in [0.3, 0.4) is 0 Å². The fourth-order valence-corrected chi connectivity index (χ4v) is 4.29. The molecule has 2 fully saturated rings. The van der Waals surface area contributed by atoms with E-state index in [0.29, 0.717) is 30.6 Å². The maximum atomic E-state index is 12.9. The molecule has 9 nitrogen and oxygen atoms in total. The number of nitrogens with zero attached hydrogens (tertiary/aromatic N) is 6. The predicted octanol–water partition coefficient (Wildman–Crippen LogP) is 0.952. The molecule has 0 spiro atoms. The van der Waals surface area contributed by atoms with Crippen LogP contribution in [0.5, 0.6) is 5.88 Å². The van der Waals surface area contributed by atoms with Crippen LogP contribution in [0, 0.1) is 12.8 Å². The molecule has 0 bridgehead atoms. The van der Waals surface area contributed by atoms with E-state index in [0.717, 1.165) is 23.8 Å². The van der Waals surface area contributed by atoms with E-state index in [2.05, 4.69) is 20.1 Å². The number of piperazine rings is 1. The first-order valence-electron chi connectivity index (χ1n) is 9.19. The molecule has 2 aliphatic rings. The summed E-state index contributed by atoms with van der Waals surface area (Å²) in [4.78, 5) is 35.2. The molecule has 2 aliphatic heterocycles. The number of amides is 2. The minimum Gasteiger partial charge on any atom is -0.481 e. The standard InChI is InChI=1S/C18H22N6O3S/c1-12-20-21-18(28-12)24-11-13(9-16(24)25)17(26)23-7-5-22(6-8-23)14-3-4-15(27-2)19-10-14/h3-4,10,13H,5-9,11H2,1-2H3. The molecule has 4 heterocycles. The first-order chi connectivity index (χ1) is 13.5. The molecule has 0 radical (unpaired) electrons. The first kappa shape index (κ1) is 18.6. The Morgan fingerprint density at radius 3 is 2.61 bits per heavy atom. The van der Waals surface area contributed by atoms with Crippen LogP contribution >= 0.6 is 11.3 Å². The van der Waals surface area contributed by atoms with Crippen molar-refractivity contribution in [1.29, 1.82) is 0 Å². The number of carbonyl (C=O) groups is 2. The van der Waals surface area contributed by atoms with Gasteiger partial charge in [0.25, 0.3) is 0 Å². The van der Waals surface area contributed by atoms with E-state index in [4.69, 9.17) is 4.74 Å². The van der Waals surface area contributed by atoms with Crippen LogP contribution in [0.2, 0.25) is 0 Å². The minimum atomic E-state index is -0.314. The lowest BCUT2D eigenvalue weighted by Crippen LogP contribution is -2.50. The summed E-state index contributed by atoms with van der Waals surface area (Å²) in [5.74, 6) is 0.256. The molecule has 148 valence electrons. The fraction of sp³-hybridized carbons (Fsp3) is 0.500. The molecule has 0 N–H and O–H groups in total. The number of aryl methyl sites for hydroxylation is 1. The van der Waals surface area contributed by atoms with Crippen LogP contribution in [0.1, 0.15) is 11.4 Å². The predicted molar refractivity (Wildman–Crippen MR) is 105 cm³/mol. The number of methoxy groups -OCH3 is 1. The second-order valence-corrected chi connectivity index (χ2v) is 8.04. The van der Waals surface area contributed by atoms with Gasteiger partial charge >= 0.3 is 0 Å². The lowest BCUT2D eigenvalue weighted by atomic mass is 10.1. The molecular formula is C18H22N6O3S. The number of pyridine rings is 1. The minimum absolute atomic E-state index is 0.0459. The molecular weight excluding hydrogens is 380 g/mol. The van der Waals surface area contributed by atoms with Crippen molar-refractivity contribution in [3.63, 3.8) is 0 Å². The maximum Gasteiger partial charge on any atom is 0.229 e. The Kier molecular flexibility index (Phi) is 5.12. The summed E-state index contributed by atoms with van der Waals surface area (Å²) in [6, 6.07) is 3.81. The molecule has 2 aromatic rings. The van der Waals surface area contributed by atoms with Crippen LogP contribution in [0.4, 0.5) is 10.8 Å². The van der Waals surface area contributed by atoms with Crippen molar-refractivity contribution in [3.8, 4) is 5.88 Å². The number of ether oxygens (including phenoxy) is 1. The molecule has 2 saturated heterocycles. The number of anilines is 2. The number of aromatic nitrogens is 3. The highest BCUT2D eigenvalue weighted by Crippen LogP contribution is 2.29. The Hall–Kier alpha value is -2.75. The van der Waals surface area contributed by atoms with E-state index in [-0.39, 0.29) is 24.2 Å². The van der Waals surface area contributed by atoms with E-state index in [1.54, 1.807) is 18.2 Å². The number of hydrogen-bond acceptors (Lipinski definition) is 8. The van der Waals surface area contributed by atoms with Crippen LogP contribution in [-0.2, 0) is 9.59 Å². The van der Waals surface area contributed by atoms with Gasteiger partial charge in [0, 0.05) is 45.2 Å². The first-order valence-corrected chi connectivity index (χ1v) is 10.0. The average molecular weight is 402 g/mol. The van der Waals surface area contributed by atoms with Gasteiger partial charge < -0.3 is 14.5 Å². The van der Waals surface area contributed by atoms with Crippen molar-refractivity contribution in [1.82, 2.24) is 20.1 Å². The molecule has 0 aliphatic carbocycles. The Labute approximate surface area is 166 Å². The van der Waals surface area contributed by atoms with Crippen molar-refractivity contribution in [3.05, 3.63) is 23.3 Å². The van der Waals surface area contributed by atoms with Crippen LogP contribution < -0.4 is 14.5 Å². The largest absolute Gasteiger partial charge is 0.481 e. The van der Waals surface area contributed by atoms with E-state index in [9.17, 15) is 9.59 Å². The lowest BCUT2D eigenvalue weighted by molar-refractivity contribution is -0.136. The van der Waals surface area contributed by atoms with Crippen molar-refractivity contribution >= 4 is 34.0 Å². The third kappa shape index (κ3) is 3.64. The third-order valence-corrected chi connectivity index (χ3v) is 5.97. The highest BCUT2D eigenvalue weighted by atomic mass is 32.1. The maximum absolute atomic E-state index is 12.9. The van der Waals surface area contributed by atoms with Crippen LogP contribution in [0.25, 0.3) is 0 Å². The molecule has 0 aromatic carbocycles. The summed E-state index contributed by atoms with van der Waals surface area (Å²) in [5, 5.41) is 9.39. The highest BCUT2D eigenvalue weighted by molar-refractivity contribution is 7.15. The Morgan fingerprint density at radius 2 is 2.00 bits per heavy atom. The summed E-state index contributed by atoms with van der Waals surface area (Å²) in [6.07, 6.45) is 2.02. The Balaban J connectivity index is 1.34. The van der Waals surface area contributed by atoms with E-state index in [1.807, 2.05) is 24.0 Å². The van der Waals surface area contributed by atoms with Crippen molar-refractivity contribution < 1.29 is 14.3 Å². The molecule has 2 aromatic heterocycles. The molecule has 1 unspecified atom stereocenters. The summed E-state index contributed by atoms with van der Waals surface area (Å²) < 4.78 is 5.09. The number of rotatable bonds is 4. The van der Waals surface area contributed by atoms with Crippen molar-refractivity contribution in [2.75, 3.05) is 49.6 Å². The summed E-state index contributed by atoms with van der Waals surface area (Å²) in [7, 11) is 1.59. The normalized spacial score (nSPS) is 20.0. The summed E-state index contributed by atoms with van der Waals surface area (Å²) in [5.41, 5.74) is 1.02. The van der Waals surface area contributed by atoms with Gasteiger partial charge in [0.05, 0.1) is 24.9 Å². The van der Waals surface area contributed by atoms with E-state index < -0.39 is 0 Å². The molecule has 28 heavy (non-hydrogen) atoms. The molecule has 4 rings (SSSR count). The smallest absolute Gasteiger partial charge is 0.229 e. The Morgan fingerprint density at radius 1 is 1.21 bits per heavy atom. The van der Waals surface area contributed by atoms with E-state index >= 15 is 0 Å². The van der Waals surface area contributed by atoms with Gasteiger partial charge in [0.15, 0.2) is 0 Å². The zero-order chi connectivity index (χ0) is 19.7. The average Bonchev–Trinajstić information content (AvgIpc) is 3.33. The lowest BCUT2D eigenvalue weighted by Gasteiger charge is -2.37. The number of carbonyl (C=O) groups excluding carboxylic acids is 2. The van der Waals surface area contributed by atoms with Gasteiger partial charge in [-0.05, 0) is 13.0 Å². The van der Waals surface area contributed by atoms with Gasteiger partial charge in [0.1, 0.15) is 5.01 Å². The van der Waals surface area contributed by atoms with Gasteiger partial charge in [-0.1, -0.05) is 11.3 Å². The zero-order valence-electron chi connectivity index (χ0n) is 15.9. The summed E-state index contributed by atoms with van der Waals surface area (Å²) >= 11 is 1.38. The van der Waals surface area contributed by atoms with Gasteiger partial charge in [-0.3, -0.25) is 14.5 Å².